The van der Waals surface area contributed by atoms with Gasteiger partial charge in [-0.15, -0.1) is 11.3 Å². The molecule has 0 radical (unpaired) electrons. The molecule has 3 rings (SSSR count). The third-order valence-corrected chi connectivity index (χ3v) is 4.64. The fourth-order valence-electron chi connectivity index (χ4n) is 2.83. The van der Waals surface area contributed by atoms with Crippen LogP contribution in [0, 0.1) is 0 Å². The molecule has 1 aliphatic carbocycles. The Balaban J connectivity index is 1.88. The molecule has 0 amide bonds. The normalized spacial score (nSPS) is 15.4. The number of aryl methyl sites for hydroxylation is 3. The number of nitrogens with zero attached hydrogens (tertiary/aromatic N) is 2. The Morgan fingerprint density at radius 1 is 1.37 bits per heavy atom. The molecule has 0 saturated heterocycles. The summed E-state index contributed by atoms with van der Waals surface area (Å²) in [6.07, 6.45) is 7.75. The molecule has 0 unspecified atom stereocenters. The maximum atomic E-state index is 10.6. The van der Waals surface area contributed by atoms with Gasteiger partial charge in [0.05, 0.1) is 5.69 Å². The summed E-state index contributed by atoms with van der Waals surface area (Å²) in [6.45, 7) is 0. The second-order valence-corrected chi connectivity index (χ2v) is 5.99. The minimum absolute atomic E-state index is 0.244. The Bertz CT molecular complexity index is 600. The van der Waals surface area contributed by atoms with E-state index in [1.165, 1.54) is 36.3 Å². The smallest absolute Gasteiger partial charge is 0.303 e. The van der Waals surface area contributed by atoms with E-state index in [0.29, 0.717) is 6.42 Å². The highest BCUT2D eigenvalue weighted by atomic mass is 32.1. The standard InChI is InChI=1S/C14H18N2O2S/c17-13(18)8-4-5-10-9-19-14-15-11-6-2-1-3-7-12(11)16(10)14/h9H,1-8H2,(H,17,18). The van der Waals surface area contributed by atoms with Gasteiger partial charge in [0.2, 0.25) is 0 Å². The van der Waals surface area contributed by atoms with Gasteiger partial charge in [-0.3, -0.25) is 9.20 Å². The summed E-state index contributed by atoms with van der Waals surface area (Å²) >= 11 is 1.68. The van der Waals surface area contributed by atoms with Gasteiger partial charge in [0, 0.05) is 23.2 Å². The van der Waals surface area contributed by atoms with Crippen LogP contribution in [0.1, 0.15) is 49.2 Å². The number of thiazole rings is 1. The molecule has 4 nitrogen and oxygen atoms in total. The number of rotatable bonds is 4. The van der Waals surface area contributed by atoms with Gasteiger partial charge in [0.15, 0.2) is 4.96 Å². The topological polar surface area (TPSA) is 54.6 Å². The summed E-state index contributed by atoms with van der Waals surface area (Å²) in [5.41, 5.74) is 3.87. The number of hydrogen-bond donors (Lipinski definition) is 1. The number of carboxylic acids is 1. The first-order valence-corrected chi connectivity index (χ1v) is 7.82. The summed E-state index contributed by atoms with van der Waals surface area (Å²) in [6, 6.07) is 0. The maximum Gasteiger partial charge on any atom is 0.303 e. The van der Waals surface area contributed by atoms with Crippen LogP contribution in [-0.2, 0) is 24.1 Å². The Hall–Kier alpha value is -1.36. The van der Waals surface area contributed by atoms with Crippen molar-refractivity contribution in [2.45, 2.75) is 51.4 Å². The van der Waals surface area contributed by atoms with Crippen LogP contribution in [0.3, 0.4) is 0 Å². The van der Waals surface area contributed by atoms with Crippen LogP contribution in [-0.4, -0.2) is 20.5 Å². The molecule has 1 N–H and O–H groups in total. The van der Waals surface area contributed by atoms with Crippen LogP contribution in [0.5, 0.6) is 0 Å². The fraction of sp³-hybridized carbons (Fsp3) is 0.571. The molecule has 102 valence electrons. The average molecular weight is 278 g/mol. The van der Waals surface area contributed by atoms with Gasteiger partial charge in [-0.1, -0.05) is 6.42 Å². The van der Waals surface area contributed by atoms with Crippen LogP contribution < -0.4 is 0 Å². The SMILES string of the molecule is O=C(O)CCCc1csc2nc3c(n12)CCCCC3. The summed E-state index contributed by atoms with van der Waals surface area (Å²) in [7, 11) is 0. The molecule has 2 aromatic heterocycles. The zero-order valence-corrected chi connectivity index (χ0v) is 11.7. The van der Waals surface area contributed by atoms with Crippen LogP contribution in [0.2, 0.25) is 0 Å². The predicted molar refractivity (Wildman–Crippen MR) is 74.9 cm³/mol. The molecular formula is C14H18N2O2S. The first-order chi connectivity index (χ1) is 9.25. The molecule has 2 aromatic rings. The van der Waals surface area contributed by atoms with Crippen molar-refractivity contribution >= 4 is 22.3 Å². The monoisotopic (exact) mass is 278 g/mol. The number of aromatic nitrogens is 2. The third kappa shape index (κ3) is 2.52. The first kappa shape index (κ1) is 12.7. The Morgan fingerprint density at radius 3 is 3.05 bits per heavy atom. The van der Waals surface area contributed by atoms with Crippen LogP contribution in [0.25, 0.3) is 4.96 Å². The summed E-state index contributed by atoms with van der Waals surface area (Å²) in [5, 5.41) is 10.9. The molecule has 0 saturated carbocycles. The molecule has 0 fully saturated rings. The van der Waals surface area contributed by atoms with Crippen LogP contribution in [0.4, 0.5) is 0 Å². The Morgan fingerprint density at radius 2 is 2.21 bits per heavy atom. The lowest BCUT2D eigenvalue weighted by Crippen LogP contribution is -2.01. The minimum Gasteiger partial charge on any atom is -0.481 e. The van der Waals surface area contributed by atoms with E-state index in [1.54, 1.807) is 11.3 Å². The quantitative estimate of drug-likeness (QED) is 0.874. The van der Waals surface area contributed by atoms with Crippen molar-refractivity contribution in [3.05, 3.63) is 22.5 Å². The van der Waals surface area contributed by atoms with E-state index >= 15 is 0 Å². The van der Waals surface area contributed by atoms with E-state index in [2.05, 4.69) is 9.78 Å². The zero-order chi connectivity index (χ0) is 13.2. The molecule has 0 aromatic carbocycles. The van der Waals surface area contributed by atoms with Crippen molar-refractivity contribution in [2.24, 2.45) is 0 Å². The Labute approximate surface area is 116 Å². The van der Waals surface area contributed by atoms with E-state index in [9.17, 15) is 4.79 Å². The van der Waals surface area contributed by atoms with Crippen molar-refractivity contribution in [3.8, 4) is 0 Å². The molecule has 0 aliphatic heterocycles. The third-order valence-electron chi connectivity index (χ3n) is 3.76. The molecular weight excluding hydrogens is 260 g/mol. The van der Waals surface area contributed by atoms with Crippen molar-refractivity contribution in [2.75, 3.05) is 0 Å². The zero-order valence-electron chi connectivity index (χ0n) is 10.9. The largest absolute Gasteiger partial charge is 0.481 e. The van der Waals surface area contributed by atoms with Gasteiger partial charge in [0.1, 0.15) is 0 Å². The number of imidazole rings is 1. The van der Waals surface area contributed by atoms with Gasteiger partial charge in [0.25, 0.3) is 0 Å². The fourth-order valence-corrected chi connectivity index (χ4v) is 3.79. The summed E-state index contributed by atoms with van der Waals surface area (Å²) in [5.74, 6) is -0.712. The van der Waals surface area contributed by atoms with Gasteiger partial charge in [-0.25, -0.2) is 4.98 Å². The van der Waals surface area contributed by atoms with E-state index in [1.807, 2.05) is 0 Å². The van der Waals surface area contributed by atoms with Crippen LogP contribution in [0.15, 0.2) is 5.38 Å². The van der Waals surface area contributed by atoms with E-state index in [0.717, 1.165) is 24.2 Å². The molecule has 19 heavy (non-hydrogen) atoms. The second-order valence-electron chi connectivity index (χ2n) is 5.16. The van der Waals surface area contributed by atoms with Crippen LogP contribution >= 0.6 is 11.3 Å². The second kappa shape index (κ2) is 5.33. The van der Waals surface area contributed by atoms with E-state index in [-0.39, 0.29) is 6.42 Å². The van der Waals surface area contributed by atoms with Gasteiger partial charge >= 0.3 is 5.97 Å². The minimum atomic E-state index is -0.712. The lowest BCUT2D eigenvalue weighted by Gasteiger charge is -2.03. The van der Waals surface area contributed by atoms with Crippen molar-refractivity contribution in [1.29, 1.82) is 0 Å². The molecule has 0 spiro atoms. The molecule has 5 heteroatoms. The summed E-state index contributed by atoms with van der Waals surface area (Å²) < 4.78 is 2.28. The van der Waals surface area contributed by atoms with Gasteiger partial charge in [-0.05, 0) is 38.5 Å². The highest BCUT2D eigenvalue weighted by Gasteiger charge is 2.18. The van der Waals surface area contributed by atoms with E-state index < -0.39 is 5.97 Å². The maximum absolute atomic E-state index is 10.6. The van der Waals surface area contributed by atoms with Gasteiger partial charge in [-0.2, -0.15) is 0 Å². The van der Waals surface area contributed by atoms with E-state index in [4.69, 9.17) is 10.1 Å². The molecule has 0 atom stereocenters. The number of hydrogen-bond acceptors (Lipinski definition) is 3. The van der Waals surface area contributed by atoms with Crippen molar-refractivity contribution in [3.63, 3.8) is 0 Å². The highest BCUT2D eigenvalue weighted by Crippen LogP contribution is 2.27. The lowest BCUT2D eigenvalue weighted by atomic mass is 10.2. The number of carbonyl (C=O) groups is 1. The molecule has 0 bridgehead atoms. The van der Waals surface area contributed by atoms with Crippen molar-refractivity contribution < 1.29 is 9.90 Å². The number of carboxylic acid groups (broad SMARTS) is 1. The van der Waals surface area contributed by atoms with Gasteiger partial charge < -0.3 is 5.11 Å². The highest BCUT2D eigenvalue weighted by molar-refractivity contribution is 7.15. The number of aliphatic carboxylic acids is 1. The number of fused-ring (bicyclic) bond motifs is 3. The Kier molecular flexibility index (Phi) is 3.55. The predicted octanol–water partition coefficient (Wildman–Crippen LogP) is 3.07. The average Bonchev–Trinajstić information content (AvgIpc) is 2.82. The first-order valence-electron chi connectivity index (χ1n) is 6.94. The molecule has 2 heterocycles. The summed E-state index contributed by atoms with van der Waals surface area (Å²) in [4.78, 5) is 16.4. The molecule has 1 aliphatic rings. The van der Waals surface area contributed by atoms with Crippen molar-refractivity contribution in [1.82, 2.24) is 9.38 Å². The lowest BCUT2D eigenvalue weighted by molar-refractivity contribution is -0.137.